The number of alkyl halides is 5. The maximum absolute atomic E-state index is 12.2. The summed E-state index contributed by atoms with van der Waals surface area (Å²) in [5.74, 6) is 0. The molecule has 0 N–H and O–H groups in total. The molecular weight excluding hydrogens is 235 g/mol. The molecule has 0 aromatic heterocycles. The van der Waals surface area contributed by atoms with Gasteiger partial charge in [0.05, 0.1) is 0 Å². The second-order valence-electron chi connectivity index (χ2n) is 2.56. The summed E-state index contributed by atoms with van der Waals surface area (Å²) >= 11 is 0. The highest BCUT2D eigenvalue weighted by Gasteiger charge is 2.38. The molecule has 0 heterocycles. The van der Waals surface area contributed by atoms with Crippen LogP contribution in [0.3, 0.4) is 0 Å². The van der Waals surface area contributed by atoms with Crippen LogP contribution in [0.15, 0.2) is 0 Å². The van der Waals surface area contributed by atoms with E-state index in [2.05, 4.69) is 0 Å². The van der Waals surface area contributed by atoms with Crippen molar-refractivity contribution in [3.8, 4) is 0 Å². The lowest BCUT2D eigenvalue weighted by molar-refractivity contribution is -0.137. The summed E-state index contributed by atoms with van der Waals surface area (Å²) < 4.78 is 88.3. The average molecular weight is 241 g/mol. The lowest BCUT2D eigenvalue weighted by Crippen LogP contribution is -2.28. The Balaban J connectivity index is 4.16. The monoisotopic (exact) mass is 241 g/mol. The molecule has 0 bridgehead atoms. The molecule has 0 rings (SSSR count). The van der Waals surface area contributed by atoms with Crippen molar-refractivity contribution in [3.05, 3.63) is 0 Å². The molecule has 0 fully saturated rings. The first kappa shape index (κ1) is 13.6. The van der Waals surface area contributed by atoms with Crippen LogP contribution in [0.4, 0.5) is 22.0 Å². The fourth-order valence-corrected chi connectivity index (χ4v) is 1.01. The summed E-state index contributed by atoms with van der Waals surface area (Å²) in [7, 11) is -5.87. The van der Waals surface area contributed by atoms with Crippen molar-refractivity contribution in [1.82, 2.24) is 0 Å². The van der Waals surface area contributed by atoms with Crippen LogP contribution in [0.2, 0.25) is 0 Å². The minimum absolute atomic E-state index is 1.10. The zero-order valence-corrected chi connectivity index (χ0v) is 7.46. The van der Waals surface area contributed by atoms with Crippen molar-refractivity contribution >= 4 is 10.1 Å². The van der Waals surface area contributed by atoms with Crippen LogP contribution < -0.4 is 0 Å². The van der Waals surface area contributed by atoms with Crippen molar-refractivity contribution in [3.63, 3.8) is 0 Å². The van der Waals surface area contributed by atoms with Gasteiger partial charge >= 0.3 is 11.4 Å². The minimum atomic E-state index is -5.87. The molecule has 86 valence electrons. The molecule has 0 aliphatic heterocycles. The Morgan fingerprint density at radius 2 is 1.43 bits per heavy atom. The lowest BCUT2D eigenvalue weighted by Gasteiger charge is -2.19. The fraction of sp³-hybridized carbons (Fsp3) is 1.00. The Labute approximate surface area is 76.7 Å². The maximum atomic E-state index is 12.2. The lowest BCUT2D eigenvalue weighted by atomic mass is 10.2. The van der Waals surface area contributed by atoms with Gasteiger partial charge in [0, 0.05) is 12.8 Å². The summed E-state index contributed by atoms with van der Waals surface area (Å²) in [5.41, 5.74) is 0. The van der Waals surface area contributed by atoms with E-state index in [1.165, 1.54) is 0 Å². The summed E-state index contributed by atoms with van der Waals surface area (Å²) in [4.78, 5) is 0. The van der Waals surface area contributed by atoms with Gasteiger partial charge in [0.2, 0.25) is 0 Å². The molecule has 0 aliphatic rings. The van der Waals surface area contributed by atoms with Gasteiger partial charge in [-0.05, 0) is 6.42 Å². The van der Waals surface area contributed by atoms with Crippen molar-refractivity contribution in [2.45, 2.75) is 30.7 Å². The maximum Gasteiger partial charge on any atom is 0.389 e. The van der Waals surface area contributed by atoms with Crippen LogP contribution in [-0.2, 0) is 10.1 Å². The van der Waals surface area contributed by atoms with E-state index >= 15 is 0 Å². The molecule has 0 saturated heterocycles. The van der Waals surface area contributed by atoms with Gasteiger partial charge in [-0.3, -0.25) is 0 Å². The van der Waals surface area contributed by atoms with E-state index in [1.54, 1.807) is 0 Å². The third-order valence-electron chi connectivity index (χ3n) is 1.29. The summed E-state index contributed by atoms with van der Waals surface area (Å²) in [6.45, 7) is 0. The molecule has 0 aromatic rings. The van der Waals surface area contributed by atoms with Gasteiger partial charge in [0.1, 0.15) is 0 Å². The number of rotatable bonds is 4. The number of hydrogen-bond acceptors (Lipinski definition) is 3. The number of hydrogen-bond donors (Lipinski definition) is 0. The van der Waals surface area contributed by atoms with Gasteiger partial charge in [-0.15, -0.1) is 0 Å². The first-order valence-electron chi connectivity index (χ1n) is 3.36. The van der Waals surface area contributed by atoms with Crippen molar-refractivity contribution < 1.29 is 34.9 Å². The molecule has 0 aliphatic carbocycles. The van der Waals surface area contributed by atoms with Crippen LogP contribution in [0.25, 0.3) is 0 Å². The van der Waals surface area contributed by atoms with Gasteiger partial charge < -0.3 is 4.55 Å². The molecular formula is C5H6F5O3S-. The quantitative estimate of drug-likeness (QED) is 0.557. The van der Waals surface area contributed by atoms with E-state index in [9.17, 15) is 34.9 Å². The standard InChI is InChI=1S/C5H7F5O3S/c6-4(7,8)2-1-3-5(9,10)14(11,12)13/h1-3H2,(H,11,12,13)/p-1. The van der Waals surface area contributed by atoms with Crippen LogP contribution in [-0.4, -0.2) is 24.4 Å². The van der Waals surface area contributed by atoms with Crippen LogP contribution in [0, 0.1) is 0 Å². The highest BCUT2D eigenvalue weighted by Crippen LogP contribution is 2.30. The Bertz CT molecular complexity index is 280. The number of halogens is 5. The Kier molecular flexibility index (Phi) is 3.85. The zero-order chi connectivity index (χ0) is 11.6. The molecule has 0 radical (unpaired) electrons. The second-order valence-corrected chi connectivity index (χ2v) is 4.07. The van der Waals surface area contributed by atoms with E-state index in [-0.39, 0.29) is 0 Å². The highest BCUT2D eigenvalue weighted by atomic mass is 32.2. The topological polar surface area (TPSA) is 57.2 Å². The van der Waals surface area contributed by atoms with E-state index in [0.717, 1.165) is 0 Å². The van der Waals surface area contributed by atoms with Crippen molar-refractivity contribution in [1.29, 1.82) is 0 Å². The van der Waals surface area contributed by atoms with Gasteiger partial charge in [0.25, 0.3) is 0 Å². The fourth-order valence-electron chi connectivity index (χ4n) is 0.620. The molecule has 9 heteroatoms. The van der Waals surface area contributed by atoms with Gasteiger partial charge in [-0.25, -0.2) is 8.42 Å². The Morgan fingerprint density at radius 1 is 1.00 bits per heavy atom. The van der Waals surface area contributed by atoms with Crippen LogP contribution >= 0.6 is 0 Å². The highest BCUT2D eigenvalue weighted by molar-refractivity contribution is 7.86. The van der Waals surface area contributed by atoms with E-state index in [1.807, 2.05) is 0 Å². The second kappa shape index (κ2) is 3.97. The van der Waals surface area contributed by atoms with Gasteiger partial charge in [-0.1, -0.05) is 0 Å². The van der Waals surface area contributed by atoms with Gasteiger partial charge in [-0.2, -0.15) is 22.0 Å². The zero-order valence-electron chi connectivity index (χ0n) is 6.64. The molecule has 3 nitrogen and oxygen atoms in total. The van der Waals surface area contributed by atoms with E-state index < -0.39 is 40.8 Å². The van der Waals surface area contributed by atoms with E-state index in [4.69, 9.17) is 0 Å². The van der Waals surface area contributed by atoms with Crippen LogP contribution in [0.5, 0.6) is 0 Å². The summed E-state index contributed by atoms with van der Waals surface area (Å²) in [5, 5.41) is -4.63. The molecule has 0 saturated carbocycles. The molecule has 0 atom stereocenters. The molecule has 14 heavy (non-hydrogen) atoms. The average Bonchev–Trinajstić information content (AvgIpc) is 1.80. The van der Waals surface area contributed by atoms with Crippen LogP contribution in [0.1, 0.15) is 19.3 Å². The van der Waals surface area contributed by atoms with Gasteiger partial charge in [0.15, 0.2) is 10.1 Å². The molecule has 0 aromatic carbocycles. The largest absolute Gasteiger partial charge is 0.743 e. The Hall–Kier alpha value is -0.440. The predicted molar refractivity (Wildman–Crippen MR) is 34.6 cm³/mol. The predicted octanol–water partition coefficient (Wildman–Crippen LogP) is 1.86. The van der Waals surface area contributed by atoms with E-state index in [0.29, 0.717) is 0 Å². The molecule has 0 spiro atoms. The van der Waals surface area contributed by atoms with Crippen molar-refractivity contribution in [2.75, 3.05) is 0 Å². The molecule has 0 unspecified atom stereocenters. The Morgan fingerprint density at radius 3 is 1.71 bits per heavy atom. The minimum Gasteiger partial charge on any atom is -0.743 e. The normalized spacial score (nSPS) is 14.4. The van der Waals surface area contributed by atoms with Crippen molar-refractivity contribution in [2.24, 2.45) is 0 Å². The third-order valence-corrected chi connectivity index (χ3v) is 2.23. The first-order chi connectivity index (χ1) is 5.96. The first-order valence-corrected chi connectivity index (χ1v) is 4.76. The SMILES string of the molecule is O=S(=O)([O-])C(F)(F)CCCC(F)(F)F. The summed E-state index contributed by atoms with van der Waals surface area (Å²) in [6.07, 6.45) is -8.89. The molecule has 0 amide bonds. The summed E-state index contributed by atoms with van der Waals surface area (Å²) in [6, 6.07) is 0. The smallest absolute Gasteiger partial charge is 0.389 e. The third kappa shape index (κ3) is 4.70.